The van der Waals surface area contributed by atoms with Crippen LogP contribution in [0.3, 0.4) is 0 Å². The summed E-state index contributed by atoms with van der Waals surface area (Å²) in [6, 6.07) is 2.71. The molecule has 100 valence electrons. The normalized spacial score (nSPS) is 12.6. The van der Waals surface area contributed by atoms with Crippen LogP contribution in [0, 0.1) is 17.8 Å². The van der Waals surface area contributed by atoms with Crippen LogP contribution in [0.4, 0.5) is 0 Å². The molecule has 3 heteroatoms. The van der Waals surface area contributed by atoms with Gasteiger partial charge in [0.05, 0.1) is 0 Å². The van der Waals surface area contributed by atoms with E-state index in [1.807, 2.05) is 0 Å². The summed E-state index contributed by atoms with van der Waals surface area (Å²) in [6.45, 7) is 7.70. The molecule has 0 aliphatic rings. The number of aliphatic hydroxyl groups is 1. The van der Waals surface area contributed by atoms with Gasteiger partial charge in [-0.3, -0.25) is 4.90 Å². The highest BCUT2D eigenvalue weighted by Gasteiger charge is 2.12. The van der Waals surface area contributed by atoms with E-state index in [1.54, 1.807) is 11.3 Å². The van der Waals surface area contributed by atoms with Gasteiger partial charge >= 0.3 is 0 Å². The number of hydrogen-bond acceptors (Lipinski definition) is 3. The first-order valence-electron chi connectivity index (χ1n) is 6.40. The summed E-state index contributed by atoms with van der Waals surface area (Å²) >= 11 is 1.74. The molecule has 0 aromatic carbocycles. The van der Waals surface area contributed by atoms with Gasteiger partial charge in [0.15, 0.2) is 0 Å². The highest BCUT2D eigenvalue weighted by Crippen LogP contribution is 2.18. The third-order valence-electron chi connectivity index (χ3n) is 2.94. The molecule has 0 amide bonds. The summed E-state index contributed by atoms with van der Waals surface area (Å²) in [7, 11) is 2.17. The van der Waals surface area contributed by atoms with Gasteiger partial charge in [0.25, 0.3) is 0 Å². The molecule has 1 unspecified atom stereocenters. The summed E-state index contributed by atoms with van der Waals surface area (Å²) in [5.74, 6) is 6.35. The molecule has 1 heterocycles. The Labute approximate surface area is 115 Å². The molecule has 0 aliphatic carbocycles. The fourth-order valence-electron chi connectivity index (χ4n) is 1.93. The molecule has 0 radical (unpaired) electrons. The maximum absolute atomic E-state index is 8.66. The second kappa shape index (κ2) is 7.58. The SMILES string of the molecule is CC(C)CC(C)N(C)Cc1cc(C#CCO)cs1. The molecule has 2 nitrogen and oxygen atoms in total. The zero-order chi connectivity index (χ0) is 13.5. The van der Waals surface area contributed by atoms with Gasteiger partial charge in [-0.2, -0.15) is 0 Å². The van der Waals surface area contributed by atoms with Crippen LogP contribution in [0.25, 0.3) is 0 Å². The Morgan fingerprint density at radius 3 is 2.72 bits per heavy atom. The molecule has 18 heavy (non-hydrogen) atoms. The van der Waals surface area contributed by atoms with E-state index in [1.165, 1.54) is 11.3 Å². The molecule has 1 aromatic rings. The Kier molecular flexibility index (Phi) is 6.42. The average Bonchev–Trinajstić information content (AvgIpc) is 2.73. The third-order valence-corrected chi connectivity index (χ3v) is 3.86. The van der Waals surface area contributed by atoms with E-state index in [0.717, 1.165) is 18.0 Å². The molecule has 0 bridgehead atoms. The lowest BCUT2D eigenvalue weighted by Gasteiger charge is -2.25. The standard InChI is InChI=1S/C15H23NOS/c1-12(2)8-13(3)16(4)10-15-9-14(11-18-15)6-5-7-17/h9,11-13,17H,7-8,10H2,1-4H3. The van der Waals surface area contributed by atoms with Gasteiger partial charge in [-0.05, 0) is 32.4 Å². The van der Waals surface area contributed by atoms with Crippen molar-refractivity contribution in [3.63, 3.8) is 0 Å². The summed E-state index contributed by atoms with van der Waals surface area (Å²) in [5.41, 5.74) is 1.01. The largest absolute Gasteiger partial charge is 0.384 e. The van der Waals surface area contributed by atoms with Crippen LogP contribution in [0.15, 0.2) is 11.4 Å². The van der Waals surface area contributed by atoms with E-state index in [2.05, 4.69) is 56.0 Å². The summed E-state index contributed by atoms with van der Waals surface area (Å²) < 4.78 is 0. The fourth-order valence-corrected chi connectivity index (χ4v) is 2.81. The minimum absolute atomic E-state index is 0.0729. The number of rotatable bonds is 5. The van der Waals surface area contributed by atoms with E-state index in [-0.39, 0.29) is 6.61 Å². The first-order chi connectivity index (χ1) is 8.52. The van der Waals surface area contributed by atoms with Crippen molar-refractivity contribution in [2.75, 3.05) is 13.7 Å². The second-order valence-corrected chi connectivity index (χ2v) is 6.15. The lowest BCUT2D eigenvalue weighted by atomic mass is 10.0. The lowest BCUT2D eigenvalue weighted by molar-refractivity contribution is 0.222. The van der Waals surface area contributed by atoms with E-state index < -0.39 is 0 Å². The number of thiophene rings is 1. The third kappa shape index (κ3) is 5.22. The van der Waals surface area contributed by atoms with Crippen molar-refractivity contribution in [1.82, 2.24) is 4.90 Å². The molecule has 0 fully saturated rings. The van der Waals surface area contributed by atoms with Crippen LogP contribution in [0.5, 0.6) is 0 Å². The average molecular weight is 265 g/mol. The van der Waals surface area contributed by atoms with E-state index >= 15 is 0 Å². The highest BCUT2D eigenvalue weighted by molar-refractivity contribution is 7.10. The van der Waals surface area contributed by atoms with Gasteiger partial charge in [0, 0.05) is 28.4 Å². The summed E-state index contributed by atoms with van der Waals surface area (Å²) in [5, 5.41) is 10.7. The minimum atomic E-state index is -0.0729. The minimum Gasteiger partial charge on any atom is -0.384 e. The van der Waals surface area contributed by atoms with Gasteiger partial charge < -0.3 is 5.11 Å². The van der Waals surface area contributed by atoms with Crippen molar-refractivity contribution in [2.45, 2.75) is 39.8 Å². The summed E-state index contributed by atoms with van der Waals surface area (Å²) in [4.78, 5) is 3.71. The molecule has 1 rings (SSSR count). The Hall–Kier alpha value is -0.820. The summed E-state index contributed by atoms with van der Waals surface area (Å²) in [6.07, 6.45) is 1.22. The van der Waals surface area contributed by atoms with Crippen molar-refractivity contribution in [3.05, 3.63) is 21.9 Å². The van der Waals surface area contributed by atoms with E-state index in [9.17, 15) is 0 Å². The maximum Gasteiger partial charge on any atom is 0.104 e. The van der Waals surface area contributed by atoms with Crippen LogP contribution in [-0.2, 0) is 6.54 Å². The monoisotopic (exact) mass is 265 g/mol. The van der Waals surface area contributed by atoms with Crippen molar-refractivity contribution >= 4 is 11.3 Å². The van der Waals surface area contributed by atoms with Crippen LogP contribution in [-0.4, -0.2) is 29.7 Å². The second-order valence-electron chi connectivity index (χ2n) is 5.16. The molecule has 0 aliphatic heterocycles. The van der Waals surface area contributed by atoms with Crippen LogP contribution < -0.4 is 0 Å². The Balaban J connectivity index is 2.53. The molecule has 0 saturated heterocycles. The van der Waals surface area contributed by atoms with Gasteiger partial charge in [-0.25, -0.2) is 0 Å². The van der Waals surface area contributed by atoms with E-state index in [0.29, 0.717) is 6.04 Å². The molecule has 1 atom stereocenters. The molecular formula is C15H23NOS. The number of hydrogen-bond donors (Lipinski definition) is 1. The van der Waals surface area contributed by atoms with Gasteiger partial charge in [0.1, 0.15) is 6.61 Å². The predicted octanol–water partition coefficient (Wildman–Crippen LogP) is 2.96. The predicted molar refractivity (Wildman–Crippen MR) is 78.7 cm³/mol. The van der Waals surface area contributed by atoms with Gasteiger partial charge in [-0.1, -0.05) is 25.7 Å². The molecule has 1 aromatic heterocycles. The Bertz CT molecular complexity index is 414. The van der Waals surface area contributed by atoms with Crippen LogP contribution in [0.1, 0.15) is 37.6 Å². The zero-order valence-electron chi connectivity index (χ0n) is 11.7. The quantitative estimate of drug-likeness (QED) is 0.827. The smallest absolute Gasteiger partial charge is 0.104 e. The van der Waals surface area contributed by atoms with E-state index in [4.69, 9.17) is 5.11 Å². The molecule has 0 spiro atoms. The fraction of sp³-hybridized carbons (Fsp3) is 0.600. The Morgan fingerprint density at radius 1 is 1.39 bits per heavy atom. The number of nitrogens with zero attached hydrogens (tertiary/aromatic N) is 1. The van der Waals surface area contributed by atoms with Gasteiger partial charge in [-0.15, -0.1) is 11.3 Å². The first-order valence-corrected chi connectivity index (χ1v) is 7.28. The van der Waals surface area contributed by atoms with Crippen molar-refractivity contribution in [3.8, 4) is 11.8 Å². The topological polar surface area (TPSA) is 23.5 Å². The Morgan fingerprint density at radius 2 is 2.11 bits per heavy atom. The van der Waals surface area contributed by atoms with Crippen LogP contribution >= 0.6 is 11.3 Å². The zero-order valence-corrected chi connectivity index (χ0v) is 12.5. The maximum atomic E-state index is 8.66. The molecule has 0 saturated carbocycles. The van der Waals surface area contributed by atoms with Crippen LogP contribution in [0.2, 0.25) is 0 Å². The van der Waals surface area contributed by atoms with Gasteiger partial charge in [0.2, 0.25) is 0 Å². The highest BCUT2D eigenvalue weighted by atomic mass is 32.1. The van der Waals surface area contributed by atoms with Crippen molar-refractivity contribution in [1.29, 1.82) is 0 Å². The lowest BCUT2D eigenvalue weighted by Crippen LogP contribution is -2.29. The molecule has 1 N–H and O–H groups in total. The van der Waals surface area contributed by atoms with Crippen molar-refractivity contribution in [2.24, 2.45) is 5.92 Å². The number of aliphatic hydroxyl groups excluding tert-OH is 1. The first kappa shape index (κ1) is 15.2. The molecular weight excluding hydrogens is 242 g/mol. The van der Waals surface area contributed by atoms with Crippen molar-refractivity contribution < 1.29 is 5.11 Å².